The van der Waals surface area contributed by atoms with E-state index in [-0.39, 0.29) is 10.9 Å². The number of aromatic nitrogens is 2. The lowest BCUT2D eigenvalue weighted by Crippen LogP contribution is -2.36. The Balaban J connectivity index is 1.99. The van der Waals surface area contributed by atoms with Gasteiger partial charge in [0.1, 0.15) is 4.90 Å². The highest BCUT2D eigenvalue weighted by atomic mass is 32.2. The Kier molecular flexibility index (Phi) is 4.95. The van der Waals surface area contributed by atoms with Crippen LogP contribution in [-0.2, 0) is 16.6 Å². The van der Waals surface area contributed by atoms with Crippen LogP contribution in [0.3, 0.4) is 0 Å². The standard InChI is InChI=1S/C12H22N4O2S/c1-13-7-8-16-10-12(9-14-16)19(17,18)15-11-5-3-2-4-6-11/h9-11,13,15H,2-8H2,1H3. The third-order valence-corrected chi connectivity index (χ3v) is 4.91. The summed E-state index contributed by atoms with van der Waals surface area (Å²) >= 11 is 0. The lowest BCUT2D eigenvalue weighted by atomic mass is 9.96. The Hall–Kier alpha value is -0.920. The number of nitrogens with zero attached hydrogens (tertiary/aromatic N) is 2. The molecule has 1 heterocycles. The molecule has 1 saturated carbocycles. The zero-order valence-electron chi connectivity index (χ0n) is 11.3. The summed E-state index contributed by atoms with van der Waals surface area (Å²) in [5.41, 5.74) is 0. The first-order valence-electron chi connectivity index (χ1n) is 6.81. The van der Waals surface area contributed by atoms with Crippen molar-refractivity contribution in [2.75, 3.05) is 13.6 Å². The van der Waals surface area contributed by atoms with Gasteiger partial charge in [-0.3, -0.25) is 4.68 Å². The Morgan fingerprint density at radius 2 is 2.11 bits per heavy atom. The van der Waals surface area contributed by atoms with E-state index in [1.54, 1.807) is 10.9 Å². The molecule has 0 saturated heterocycles. The number of hydrogen-bond donors (Lipinski definition) is 2. The van der Waals surface area contributed by atoms with E-state index >= 15 is 0 Å². The van der Waals surface area contributed by atoms with Crippen molar-refractivity contribution in [3.63, 3.8) is 0 Å². The summed E-state index contributed by atoms with van der Waals surface area (Å²) in [6, 6.07) is 0.0828. The molecule has 0 spiro atoms. The third kappa shape index (κ3) is 4.02. The van der Waals surface area contributed by atoms with Gasteiger partial charge in [0.25, 0.3) is 0 Å². The van der Waals surface area contributed by atoms with E-state index in [0.717, 1.165) is 32.2 Å². The van der Waals surface area contributed by atoms with Crippen molar-refractivity contribution >= 4 is 10.0 Å². The first-order chi connectivity index (χ1) is 9.12. The second kappa shape index (κ2) is 6.49. The van der Waals surface area contributed by atoms with Gasteiger partial charge in [-0.25, -0.2) is 13.1 Å². The molecule has 1 aliphatic carbocycles. The zero-order chi connectivity index (χ0) is 13.7. The largest absolute Gasteiger partial charge is 0.318 e. The van der Waals surface area contributed by atoms with Crippen LogP contribution in [-0.4, -0.2) is 37.8 Å². The molecule has 108 valence electrons. The van der Waals surface area contributed by atoms with Crippen molar-refractivity contribution in [1.29, 1.82) is 0 Å². The van der Waals surface area contributed by atoms with Crippen LogP contribution in [0.5, 0.6) is 0 Å². The SMILES string of the molecule is CNCCn1cc(S(=O)(=O)NC2CCCCC2)cn1. The second-order valence-electron chi connectivity index (χ2n) is 5.00. The number of likely N-dealkylation sites (N-methyl/N-ethyl adjacent to an activating group) is 1. The lowest BCUT2D eigenvalue weighted by Gasteiger charge is -2.22. The molecule has 2 rings (SSSR count). The van der Waals surface area contributed by atoms with Crippen LogP contribution in [0.4, 0.5) is 0 Å². The number of sulfonamides is 1. The molecular weight excluding hydrogens is 264 g/mol. The lowest BCUT2D eigenvalue weighted by molar-refractivity contribution is 0.412. The van der Waals surface area contributed by atoms with Gasteiger partial charge in [-0.2, -0.15) is 5.10 Å². The van der Waals surface area contributed by atoms with Gasteiger partial charge in [0.05, 0.1) is 12.7 Å². The van der Waals surface area contributed by atoms with Crippen LogP contribution in [0.1, 0.15) is 32.1 Å². The van der Waals surface area contributed by atoms with Crippen LogP contribution in [0.15, 0.2) is 17.3 Å². The highest BCUT2D eigenvalue weighted by Crippen LogP contribution is 2.19. The van der Waals surface area contributed by atoms with E-state index in [1.807, 2.05) is 7.05 Å². The molecule has 0 unspecified atom stereocenters. The van der Waals surface area contributed by atoms with Gasteiger partial charge < -0.3 is 5.32 Å². The first-order valence-corrected chi connectivity index (χ1v) is 8.29. The van der Waals surface area contributed by atoms with E-state index in [4.69, 9.17) is 0 Å². The summed E-state index contributed by atoms with van der Waals surface area (Å²) in [6.07, 6.45) is 8.30. The molecular formula is C12H22N4O2S. The quantitative estimate of drug-likeness (QED) is 0.807. The minimum atomic E-state index is -3.42. The van der Waals surface area contributed by atoms with Crippen molar-refractivity contribution in [3.8, 4) is 0 Å². The summed E-state index contributed by atoms with van der Waals surface area (Å²) in [7, 11) is -1.56. The fourth-order valence-electron chi connectivity index (χ4n) is 2.34. The average Bonchev–Trinajstić information content (AvgIpc) is 2.86. The van der Waals surface area contributed by atoms with Crippen LogP contribution in [0, 0.1) is 0 Å². The second-order valence-corrected chi connectivity index (χ2v) is 6.71. The molecule has 0 bridgehead atoms. The highest BCUT2D eigenvalue weighted by molar-refractivity contribution is 7.89. The highest BCUT2D eigenvalue weighted by Gasteiger charge is 2.22. The number of hydrogen-bond acceptors (Lipinski definition) is 4. The van der Waals surface area contributed by atoms with Crippen molar-refractivity contribution in [2.45, 2.75) is 49.6 Å². The Labute approximate surface area is 114 Å². The molecule has 1 aliphatic rings. The van der Waals surface area contributed by atoms with E-state index < -0.39 is 10.0 Å². The van der Waals surface area contributed by atoms with Gasteiger partial charge in [0.15, 0.2) is 0 Å². The third-order valence-electron chi connectivity index (χ3n) is 3.44. The molecule has 1 aromatic heterocycles. The summed E-state index contributed by atoms with van der Waals surface area (Å²) in [5.74, 6) is 0. The van der Waals surface area contributed by atoms with Crippen LogP contribution in [0.2, 0.25) is 0 Å². The summed E-state index contributed by atoms with van der Waals surface area (Å²) in [5, 5.41) is 7.07. The molecule has 0 amide bonds. The van der Waals surface area contributed by atoms with Crippen LogP contribution in [0.25, 0.3) is 0 Å². The molecule has 6 nitrogen and oxygen atoms in total. The topological polar surface area (TPSA) is 76.0 Å². The van der Waals surface area contributed by atoms with Crippen LogP contribution >= 0.6 is 0 Å². The maximum absolute atomic E-state index is 12.2. The summed E-state index contributed by atoms with van der Waals surface area (Å²) in [4.78, 5) is 0.258. The Morgan fingerprint density at radius 3 is 2.79 bits per heavy atom. The monoisotopic (exact) mass is 286 g/mol. The summed E-state index contributed by atoms with van der Waals surface area (Å²) < 4.78 is 28.8. The minimum absolute atomic E-state index is 0.0828. The van der Waals surface area contributed by atoms with E-state index in [1.165, 1.54) is 12.6 Å². The van der Waals surface area contributed by atoms with Crippen LogP contribution < -0.4 is 10.0 Å². The van der Waals surface area contributed by atoms with Gasteiger partial charge in [-0.15, -0.1) is 0 Å². The van der Waals surface area contributed by atoms with Crippen molar-refractivity contribution in [1.82, 2.24) is 19.8 Å². The molecule has 19 heavy (non-hydrogen) atoms. The molecule has 7 heteroatoms. The van der Waals surface area contributed by atoms with E-state index in [0.29, 0.717) is 6.54 Å². The fourth-order valence-corrected chi connectivity index (χ4v) is 3.60. The molecule has 1 aromatic rings. The Morgan fingerprint density at radius 1 is 1.37 bits per heavy atom. The van der Waals surface area contributed by atoms with E-state index in [2.05, 4.69) is 15.1 Å². The average molecular weight is 286 g/mol. The van der Waals surface area contributed by atoms with Gasteiger partial charge in [-0.1, -0.05) is 19.3 Å². The molecule has 0 aromatic carbocycles. The molecule has 1 fully saturated rings. The van der Waals surface area contributed by atoms with E-state index in [9.17, 15) is 8.42 Å². The van der Waals surface area contributed by atoms with Crippen molar-refractivity contribution in [2.24, 2.45) is 0 Å². The molecule has 0 radical (unpaired) electrons. The van der Waals surface area contributed by atoms with Gasteiger partial charge in [0.2, 0.25) is 10.0 Å². The maximum Gasteiger partial charge on any atom is 0.243 e. The number of rotatable bonds is 6. The predicted molar refractivity (Wildman–Crippen MR) is 73.3 cm³/mol. The fraction of sp³-hybridized carbons (Fsp3) is 0.750. The Bertz CT molecular complexity index is 492. The van der Waals surface area contributed by atoms with Crippen molar-refractivity contribution < 1.29 is 8.42 Å². The summed E-state index contributed by atoms with van der Waals surface area (Å²) in [6.45, 7) is 1.42. The van der Waals surface area contributed by atoms with Gasteiger partial charge in [-0.05, 0) is 19.9 Å². The molecule has 0 aliphatic heterocycles. The zero-order valence-corrected chi connectivity index (χ0v) is 12.1. The van der Waals surface area contributed by atoms with Gasteiger partial charge in [0, 0.05) is 18.8 Å². The van der Waals surface area contributed by atoms with Gasteiger partial charge >= 0.3 is 0 Å². The maximum atomic E-state index is 12.2. The number of nitrogens with one attached hydrogen (secondary N) is 2. The minimum Gasteiger partial charge on any atom is -0.318 e. The van der Waals surface area contributed by atoms with Crippen molar-refractivity contribution in [3.05, 3.63) is 12.4 Å². The predicted octanol–water partition coefficient (Wildman–Crippen LogP) is 0.713. The molecule has 2 N–H and O–H groups in total. The molecule has 0 atom stereocenters. The normalized spacial score (nSPS) is 17.7. The first kappa shape index (κ1) is 14.5. The smallest absolute Gasteiger partial charge is 0.243 e.